The summed E-state index contributed by atoms with van der Waals surface area (Å²) in [6.07, 6.45) is 3.58. The number of benzene rings is 2. The number of nitrogens with zero attached hydrogens (tertiary/aromatic N) is 4. The van der Waals surface area contributed by atoms with E-state index in [1.807, 2.05) is 35.2 Å². The van der Waals surface area contributed by atoms with Crippen molar-refractivity contribution in [1.82, 2.24) is 9.88 Å². The van der Waals surface area contributed by atoms with E-state index in [0.29, 0.717) is 48.5 Å². The summed E-state index contributed by atoms with van der Waals surface area (Å²) in [5.41, 5.74) is 1.67. The van der Waals surface area contributed by atoms with Gasteiger partial charge in [-0.3, -0.25) is 4.79 Å². The number of rotatable bonds is 5. The maximum absolute atomic E-state index is 12.8. The Hall–Kier alpha value is -3.76. The predicted octanol–water partition coefficient (Wildman–Crippen LogP) is 4.34. The summed E-state index contributed by atoms with van der Waals surface area (Å²) in [5.74, 6) is 1.45. The van der Waals surface area contributed by atoms with Crippen LogP contribution in [0.4, 0.5) is 5.88 Å². The molecule has 2 aromatic carbocycles. The van der Waals surface area contributed by atoms with Gasteiger partial charge in [-0.1, -0.05) is 35.9 Å². The zero-order valence-corrected chi connectivity index (χ0v) is 18.2. The van der Waals surface area contributed by atoms with Crippen molar-refractivity contribution >= 4 is 35.5 Å². The third-order valence-electron chi connectivity index (χ3n) is 5.22. The summed E-state index contributed by atoms with van der Waals surface area (Å²) in [6.45, 7) is 2.04. The molecule has 3 aromatic rings. The summed E-state index contributed by atoms with van der Waals surface area (Å²) in [7, 11) is 1.62. The van der Waals surface area contributed by atoms with Crippen molar-refractivity contribution in [2.45, 2.75) is 0 Å². The second-order valence-corrected chi connectivity index (χ2v) is 7.59. The maximum atomic E-state index is 12.8. The monoisotopic (exact) mass is 448 g/mol. The number of oxazole rings is 1. The molecule has 0 atom stereocenters. The van der Waals surface area contributed by atoms with Crippen LogP contribution < -0.4 is 9.64 Å². The number of hydrogen-bond donors (Lipinski definition) is 0. The third kappa shape index (κ3) is 4.61. The quantitative estimate of drug-likeness (QED) is 0.577. The molecule has 0 saturated carbocycles. The summed E-state index contributed by atoms with van der Waals surface area (Å²) < 4.78 is 11.0. The Bertz CT molecular complexity index is 1170. The highest BCUT2D eigenvalue weighted by Crippen LogP contribution is 2.25. The number of amides is 1. The molecule has 7 nitrogen and oxygen atoms in total. The molecule has 0 radical (unpaired) electrons. The summed E-state index contributed by atoms with van der Waals surface area (Å²) in [5, 5.41) is 9.95. The molecule has 1 aliphatic heterocycles. The van der Waals surface area contributed by atoms with Crippen LogP contribution in [0.2, 0.25) is 5.02 Å². The molecule has 1 saturated heterocycles. The minimum absolute atomic E-state index is 0.101. The number of halogens is 1. The first-order valence-corrected chi connectivity index (χ1v) is 10.5. The first-order chi connectivity index (χ1) is 15.6. The largest absolute Gasteiger partial charge is 0.497 e. The van der Waals surface area contributed by atoms with Crippen LogP contribution in [0.3, 0.4) is 0 Å². The molecule has 8 heteroatoms. The van der Waals surface area contributed by atoms with Crippen LogP contribution in [0.1, 0.15) is 27.5 Å². The van der Waals surface area contributed by atoms with Crippen molar-refractivity contribution < 1.29 is 13.9 Å². The zero-order valence-electron chi connectivity index (χ0n) is 17.5. The molecular formula is C24H21ClN4O3. The number of carbonyl (C=O) groups excluding carboxylic acids is 1. The number of carbonyl (C=O) groups is 1. The predicted molar refractivity (Wildman–Crippen MR) is 123 cm³/mol. The van der Waals surface area contributed by atoms with Crippen molar-refractivity contribution in [2.24, 2.45) is 0 Å². The molecule has 32 heavy (non-hydrogen) atoms. The second kappa shape index (κ2) is 9.58. The Morgan fingerprint density at radius 1 is 1.12 bits per heavy atom. The van der Waals surface area contributed by atoms with Crippen LogP contribution in [0.15, 0.2) is 52.9 Å². The number of anilines is 1. The molecular weight excluding hydrogens is 428 g/mol. The van der Waals surface area contributed by atoms with Gasteiger partial charge in [0, 0.05) is 32.3 Å². The number of nitriles is 1. The number of piperazine rings is 1. The summed E-state index contributed by atoms with van der Waals surface area (Å²) >= 11 is 6.16. The molecule has 1 fully saturated rings. The van der Waals surface area contributed by atoms with Gasteiger partial charge in [-0.2, -0.15) is 10.2 Å². The molecule has 0 unspecified atom stereocenters. The number of aromatic nitrogens is 1. The molecule has 0 N–H and O–H groups in total. The van der Waals surface area contributed by atoms with Gasteiger partial charge in [-0.15, -0.1) is 0 Å². The fourth-order valence-corrected chi connectivity index (χ4v) is 3.70. The van der Waals surface area contributed by atoms with E-state index in [1.54, 1.807) is 42.4 Å². The number of methoxy groups -OCH3 is 1. The first-order valence-electron chi connectivity index (χ1n) is 10.1. The SMILES string of the molecule is COc1ccc(C=Cc2nc(C#N)c(N3CCN(C(=O)c4ccccc4Cl)CC3)o2)cc1. The van der Waals surface area contributed by atoms with Crippen molar-refractivity contribution in [1.29, 1.82) is 5.26 Å². The van der Waals surface area contributed by atoms with Gasteiger partial charge in [-0.05, 0) is 35.9 Å². The lowest BCUT2D eigenvalue weighted by atomic mass is 10.2. The van der Waals surface area contributed by atoms with Gasteiger partial charge < -0.3 is 19.0 Å². The van der Waals surface area contributed by atoms with Gasteiger partial charge in [0.2, 0.25) is 17.5 Å². The van der Waals surface area contributed by atoms with Gasteiger partial charge in [0.15, 0.2) is 0 Å². The Kier molecular flexibility index (Phi) is 6.43. The number of ether oxygens (including phenoxy) is 1. The molecule has 4 rings (SSSR count). The fourth-order valence-electron chi connectivity index (χ4n) is 3.49. The van der Waals surface area contributed by atoms with Gasteiger partial charge in [0.25, 0.3) is 5.91 Å². The molecule has 0 aliphatic carbocycles. The van der Waals surface area contributed by atoms with Crippen molar-refractivity contribution in [3.63, 3.8) is 0 Å². The van der Waals surface area contributed by atoms with Crippen molar-refractivity contribution in [2.75, 3.05) is 38.2 Å². The van der Waals surface area contributed by atoms with E-state index in [2.05, 4.69) is 11.1 Å². The van der Waals surface area contributed by atoms with Gasteiger partial charge in [0.05, 0.1) is 17.7 Å². The second-order valence-electron chi connectivity index (χ2n) is 7.18. The maximum Gasteiger partial charge on any atom is 0.255 e. The van der Waals surface area contributed by atoms with Crippen LogP contribution in [-0.4, -0.2) is 49.1 Å². The van der Waals surface area contributed by atoms with E-state index < -0.39 is 0 Å². The lowest BCUT2D eigenvalue weighted by molar-refractivity contribution is 0.0745. The first kappa shape index (κ1) is 21.5. The van der Waals surface area contributed by atoms with Crippen LogP contribution >= 0.6 is 11.6 Å². The lowest BCUT2D eigenvalue weighted by Crippen LogP contribution is -2.49. The van der Waals surface area contributed by atoms with Crippen molar-refractivity contribution in [3.8, 4) is 11.8 Å². The normalized spacial score (nSPS) is 13.9. The highest BCUT2D eigenvalue weighted by Gasteiger charge is 2.27. The van der Waals surface area contributed by atoms with E-state index in [9.17, 15) is 10.1 Å². The van der Waals surface area contributed by atoms with Crippen LogP contribution in [0, 0.1) is 11.3 Å². The van der Waals surface area contributed by atoms with Gasteiger partial charge in [0.1, 0.15) is 11.8 Å². The molecule has 2 heterocycles. The summed E-state index contributed by atoms with van der Waals surface area (Å²) in [6, 6.07) is 16.7. The van der Waals surface area contributed by atoms with Crippen LogP contribution in [0.5, 0.6) is 5.75 Å². The summed E-state index contributed by atoms with van der Waals surface area (Å²) in [4.78, 5) is 20.7. The fraction of sp³-hybridized carbons (Fsp3) is 0.208. The third-order valence-corrected chi connectivity index (χ3v) is 5.55. The number of hydrogen-bond acceptors (Lipinski definition) is 6. The highest BCUT2D eigenvalue weighted by molar-refractivity contribution is 6.33. The average Bonchev–Trinajstić information content (AvgIpc) is 3.26. The van der Waals surface area contributed by atoms with Crippen LogP contribution in [-0.2, 0) is 0 Å². The van der Waals surface area contributed by atoms with Crippen LogP contribution in [0.25, 0.3) is 12.2 Å². The Balaban J connectivity index is 1.44. The van der Waals surface area contributed by atoms with Crippen molar-refractivity contribution in [3.05, 3.63) is 76.3 Å². The van der Waals surface area contributed by atoms with E-state index in [-0.39, 0.29) is 11.6 Å². The van der Waals surface area contributed by atoms with Gasteiger partial charge >= 0.3 is 0 Å². The molecule has 0 spiro atoms. The smallest absolute Gasteiger partial charge is 0.255 e. The Morgan fingerprint density at radius 2 is 1.84 bits per heavy atom. The molecule has 1 amide bonds. The Morgan fingerprint density at radius 3 is 2.50 bits per heavy atom. The lowest BCUT2D eigenvalue weighted by Gasteiger charge is -2.34. The van der Waals surface area contributed by atoms with Gasteiger partial charge in [-0.25, -0.2) is 0 Å². The highest BCUT2D eigenvalue weighted by atomic mass is 35.5. The molecule has 0 bridgehead atoms. The van der Waals surface area contributed by atoms with E-state index in [0.717, 1.165) is 11.3 Å². The van der Waals surface area contributed by atoms with E-state index >= 15 is 0 Å². The van der Waals surface area contributed by atoms with E-state index in [1.165, 1.54) is 0 Å². The Labute approximate surface area is 191 Å². The van der Waals surface area contributed by atoms with E-state index in [4.69, 9.17) is 20.8 Å². The minimum Gasteiger partial charge on any atom is -0.497 e. The molecule has 1 aromatic heterocycles. The minimum atomic E-state index is -0.101. The zero-order chi connectivity index (χ0) is 22.5. The average molecular weight is 449 g/mol. The topological polar surface area (TPSA) is 82.6 Å². The molecule has 1 aliphatic rings. The standard InChI is InChI=1S/C24H21ClN4O3/c1-31-18-9-6-17(7-10-18)8-11-22-27-21(16-26)24(32-22)29-14-12-28(13-15-29)23(30)19-4-2-3-5-20(19)25/h2-11H,12-15H2,1H3. The molecule has 162 valence electrons.